The average Bonchev–Trinajstić information content (AvgIpc) is 2.48. The molecule has 0 N–H and O–H groups in total. The van der Waals surface area contributed by atoms with Crippen LogP contribution in [0.5, 0.6) is 0 Å². The highest BCUT2D eigenvalue weighted by Crippen LogP contribution is 2.26. The van der Waals surface area contributed by atoms with Gasteiger partial charge in [-0.3, -0.25) is 4.57 Å². The Labute approximate surface area is 128 Å². The van der Waals surface area contributed by atoms with Crippen LogP contribution in [0.4, 0.5) is 5.82 Å². The van der Waals surface area contributed by atoms with Crippen LogP contribution in [0.2, 0.25) is 0 Å². The lowest BCUT2D eigenvalue weighted by Gasteiger charge is -2.28. The zero-order valence-electron chi connectivity index (χ0n) is 12.4. The normalized spacial score (nSPS) is 14.1. The molecule has 0 unspecified atom stereocenters. The number of fused-ring (bicyclic) bond motifs is 1. The molecule has 0 amide bonds. The highest BCUT2D eigenvalue weighted by atomic mass is 32.2. The molecule has 1 aromatic carbocycles. The number of aromatic nitrogens is 2. The highest BCUT2D eigenvalue weighted by molar-refractivity contribution is 7.98. The maximum Gasteiger partial charge on any atom is 0.350 e. The Bertz CT molecular complexity index is 711. The molecule has 0 fully saturated rings. The molecule has 1 aromatic heterocycles. The molecule has 2 aromatic rings. The molecule has 0 saturated carbocycles. The minimum atomic E-state index is -0.133. The summed E-state index contributed by atoms with van der Waals surface area (Å²) >= 11 is 1.63. The summed E-state index contributed by atoms with van der Waals surface area (Å²) in [7, 11) is 2.03. The Kier molecular flexibility index (Phi) is 4.01. The van der Waals surface area contributed by atoms with Gasteiger partial charge in [-0.2, -0.15) is 4.98 Å². The second-order valence-corrected chi connectivity index (χ2v) is 6.37. The van der Waals surface area contributed by atoms with Gasteiger partial charge >= 0.3 is 5.69 Å². The van der Waals surface area contributed by atoms with Gasteiger partial charge in [0.1, 0.15) is 10.8 Å². The van der Waals surface area contributed by atoms with E-state index >= 15 is 0 Å². The first-order chi connectivity index (χ1) is 10.1. The second-order valence-electron chi connectivity index (χ2n) is 5.38. The number of thioether (sulfide) groups is 1. The van der Waals surface area contributed by atoms with Crippen molar-refractivity contribution >= 4 is 17.6 Å². The van der Waals surface area contributed by atoms with Crippen molar-refractivity contribution in [3.63, 3.8) is 0 Å². The van der Waals surface area contributed by atoms with E-state index in [0.717, 1.165) is 36.1 Å². The minimum absolute atomic E-state index is 0.133. The van der Waals surface area contributed by atoms with Crippen LogP contribution in [-0.2, 0) is 12.3 Å². The Morgan fingerprint density at radius 3 is 2.90 bits per heavy atom. The summed E-state index contributed by atoms with van der Waals surface area (Å²) in [5, 5.41) is 0.809. The maximum absolute atomic E-state index is 12.1. The van der Waals surface area contributed by atoms with Crippen LogP contribution < -0.4 is 10.6 Å². The van der Waals surface area contributed by atoms with E-state index in [2.05, 4.69) is 28.9 Å². The molecule has 0 spiro atoms. The molecular formula is C16H19N3OS. The van der Waals surface area contributed by atoms with Gasteiger partial charge in [0.15, 0.2) is 0 Å². The maximum atomic E-state index is 12.1. The van der Waals surface area contributed by atoms with Crippen molar-refractivity contribution in [2.24, 2.45) is 0 Å². The van der Waals surface area contributed by atoms with E-state index in [1.807, 2.05) is 25.2 Å². The lowest BCUT2D eigenvalue weighted by Crippen LogP contribution is -2.36. The topological polar surface area (TPSA) is 38.1 Å². The van der Waals surface area contributed by atoms with E-state index in [0.29, 0.717) is 0 Å². The summed E-state index contributed by atoms with van der Waals surface area (Å²) in [6, 6.07) is 10.4. The summed E-state index contributed by atoms with van der Waals surface area (Å²) in [5.74, 6) is 1.82. The minimum Gasteiger partial charge on any atom is -0.361 e. The summed E-state index contributed by atoms with van der Waals surface area (Å²) in [6.07, 6.45) is 1.00. The molecule has 5 heteroatoms. The van der Waals surface area contributed by atoms with E-state index in [-0.39, 0.29) is 5.69 Å². The standard InChI is InChI=1S/C16H19N3OS/c1-12-6-3-4-7-13(12)11-21-14-10-15-18(2)8-5-9-19(15)16(20)17-14/h3-4,6-7,10H,5,8-9,11H2,1-2H3. The fourth-order valence-electron chi connectivity index (χ4n) is 2.58. The zero-order valence-corrected chi connectivity index (χ0v) is 13.2. The highest BCUT2D eigenvalue weighted by Gasteiger charge is 2.16. The smallest absolute Gasteiger partial charge is 0.350 e. The lowest BCUT2D eigenvalue weighted by atomic mass is 10.1. The molecule has 1 aliphatic heterocycles. The molecule has 4 nitrogen and oxygen atoms in total. The van der Waals surface area contributed by atoms with Gasteiger partial charge in [0.25, 0.3) is 0 Å². The third kappa shape index (κ3) is 2.97. The Balaban J connectivity index is 1.84. The van der Waals surface area contributed by atoms with Crippen molar-refractivity contribution in [3.8, 4) is 0 Å². The number of nitrogens with zero attached hydrogens (tertiary/aromatic N) is 3. The number of rotatable bonds is 3. The fourth-order valence-corrected chi connectivity index (χ4v) is 3.54. The zero-order chi connectivity index (χ0) is 14.8. The van der Waals surface area contributed by atoms with E-state index in [9.17, 15) is 4.79 Å². The molecule has 0 radical (unpaired) electrons. The summed E-state index contributed by atoms with van der Waals surface area (Å²) in [5.41, 5.74) is 2.43. The van der Waals surface area contributed by atoms with Crippen LogP contribution in [0, 0.1) is 6.92 Å². The van der Waals surface area contributed by atoms with Gasteiger partial charge in [-0.1, -0.05) is 24.3 Å². The molecule has 0 saturated heterocycles. The summed E-state index contributed by atoms with van der Waals surface area (Å²) < 4.78 is 1.77. The summed E-state index contributed by atoms with van der Waals surface area (Å²) in [4.78, 5) is 18.5. The van der Waals surface area contributed by atoms with Crippen LogP contribution in [-0.4, -0.2) is 23.1 Å². The quantitative estimate of drug-likeness (QED) is 0.645. The van der Waals surface area contributed by atoms with E-state index in [4.69, 9.17) is 0 Å². The van der Waals surface area contributed by atoms with Crippen LogP contribution in [0.15, 0.2) is 40.2 Å². The number of benzene rings is 1. The van der Waals surface area contributed by atoms with Crippen molar-refractivity contribution < 1.29 is 0 Å². The number of hydrogen-bond acceptors (Lipinski definition) is 4. The lowest BCUT2D eigenvalue weighted by molar-refractivity contribution is 0.548. The number of hydrogen-bond donors (Lipinski definition) is 0. The molecule has 0 aliphatic carbocycles. The first kappa shape index (κ1) is 14.2. The molecule has 2 heterocycles. The van der Waals surface area contributed by atoms with Gasteiger partial charge < -0.3 is 4.90 Å². The van der Waals surface area contributed by atoms with Crippen molar-refractivity contribution in [1.29, 1.82) is 0 Å². The molecule has 1 aliphatic rings. The van der Waals surface area contributed by atoms with Crippen molar-refractivity contribution in [3.05, 3.63) is 51.9 Å². The predicted octanol–water partition coefficient (Wildman–Crippen LogP) is 2.68. The van der Waals surface area contributed by atoms with Crippen molar-refractivity contribution in [2.75, 3.05) is 18.5 Å². The van der Waals surface area contributed by atoms with Crippen LogP contribution in [0.25, 0.3) is 0 Å². The first-order valence-electron chi connectivity index (χ1n) is 7.15. The molecule has 0 atom stereocenters. The largest absolute Gasteiger partial charge is 0.361 e. The number of anilines is 1. The second kappa shape index (κ2) is 5.93. The summed E-state index contributed by atoms with van der Waals surface area (Å²) in [6.45, 7) is 3.87. The number of aryl methyl sites for hydroxylation is 1. The monoisotopic (exact) mass is 301 g/mol. The van der Waals surface area contributed by atoms with Crippen LogP contribution >= 0.6 is 11.8 Å². The Morgan fingerprint density at radius 2 is 2.10 bits per heavy atom. The molecule has 3 rings (SSSR count). The first-order valence-corrected chi connectivity index (χ1v) is 8.14. The van der Waals surface area contributed by atoms with Gasteiger partial charge in [0, 0.05) is 32.0 Å². The van der Waals surface area contributed by atoms with E-state index in [1.165, 1.54) is 11.1 Å². The van der Waals surface area contributed by atoms with Gasteiger partial charge in [0.05, 0.1) is 0 Å². The molecule has 0 bridgehead atoms. The van der Waals surface area contributed by atoms with E-state index in [1.54, 1.807) is 16.3 Å². The van der Waals surface area contributed by atoms with Crippen LogP contribution in [0.3, 0.4) is 0 Å². The third-order valence-corrected chi connectivity index (χ3v) is 4.83. The van der Waals surface area contributed by atoms with Gasteiger partial charge in [-0.15, -0.1) is 11.8 Å². The van der Waals surface area contributed by atoms with Crippen LogP contribution in [0.1, 0.15) is 17.5 Å². The fraction of sp³-hybridized carbons (Fsp3) is 0.375. The van der Waals surface area contributed by atoms with Gasteiger partial charge in [0.2, 0.25) is 0 Å². The van der Waals surface area contributed by atoms with Crippen molar-refractivity contribution in [1.82, 2.24) is 9.55 Å². The molecular weight excluding hydrogens is 282 g/mol. The SMILES string of the molecule is Cc1ccccc1CSc1cc2n(c(=O)n1)CCCN2C. The predicted molar refractivity (Wildman–Crippen MR) is 87.1 cm³/mol. The third-order valence-electron chi connectivity index (χ3n) is 3.87. The van der Waals surface area contributed by atoms with Gasteiger partial charge in [-0.05, 0) is 24.5 Å². The van der Waals surface area contributed by atoms with E-state index < -0.39 is 0 Å². The van der Waals surface area contributed by atoms with Gasteiger partial charge in [-0.25, -0.2) is 4.79 Å². The Morgan fingerprint density at radius 1 is 1.29 bits per heavy atom. The molecule has 110 valence electrons. The average molecular weight is 301 g/mol. The Hall–Kier alpha value is -1.75. The van der Waals surface area contributed by atoms with Crippen molar-refractivity contribution in [2.45, 2.75) is 30.7 Å². The molecule has 21 heavy (non-hydrogen) atoms.